The maximum absolute atomic E-state index is 9.93. The molecule has 0 aromatic rings. The molecule has 0 unspecified atom stereocenters. The molecule has 0 heterocycles. The molecule has 4 heteroatoms. The molecule has 0 aromatic heterocycles. The number of carbonyl (C=O) groups is 1. The molecule has 0 aromatic carbocycles. The Hall–Kier alpha value is 0.950. The quantitative estimate of drug-likeness (QED) is 0.370. The van der Waals surface area contributed by atoms with Gasteiger partial charge in [-0.3, -0.25) is 0 Å². The van der Waals surface area contributed by atoms with Gasteiger partial charge in [0, 0.05) is 0 Å². The van der Waals surface area contributed by atoms with Crippen molar-refractivity contribution in [2.75, 3.05) is 0 Å². The molecule has 0 saturated heterocycles. The monoisotopic (exact) mass is 202 g/mol. The van der Waals surface area contributed by atoms with Crippen LogP contribution in [-0.2, 0) is 4.79 Å². The molecule has 0 rings (SSSR count). The SMILES string of the molecule is CCC[C@@H](Br)C(=O)[O-].[Na+]. The first kappa shape index (κ1) is 12.6. The van der Waals surface area contributed by atoms with E-state index in [9.17, 15) is 9.90 Å². The van der Waals surface area contributed by atoms with Gasteiger partial charge in [-0.1, -0.05) is 29.3 Å². The Morgan fingerprint density at radius 3 is 2.33 bits per heavy atom. The Morgan fingerprint density at radius 2 is 2.22 bits per heavy atom. The number of halogens is 1. The summed E-state index contributed by atoms with van der Waals surface area (Å²) in [4.78, 5) is 9.47. The molecule has 9 heavy (non-hydrogen) atoms. The normalized spacial score (nSPS) is 11.8. The maximum Gasteiger partial charge on any atom is 1.00 e. The Morgan fingerprint density at radius 1 is 1.78 bits per heavy atom. The van der Waals surface area contributed by atoms with E-state index in [-0.39, 0.29) is 29.6 Å². The molecule has 0 bridgehead atoms. The van der Waals surface area contributed by atoms with Crippen molar-refractivity contribution in [3.8, 4) is 0 Å². The third-order valence-corrected chi connectivity index (χ3v) is 1.63. The second-order valence-corrected chi connectivity index (χ2v) is 2.68. The van der Waals surface area contributed by atoms with Crippen molar-refractivity contribution in [3.05, 3.63) is 0 Å². The van der Waals surface area contributed by atoms with Gasteiger partial charge in [-0.15, -0.1) is 0 Å². The van der Waals surface area contributed by atoms with Gasteiger partial charge in [0.15, 0.2) is 0 Å². The number of rotatable bonds is 3. The molecule has 0 amide bonds. The van der Waals surface area contributed by atoms with Gasteiger partial charge in [0.25, 0.3) is 0 Å². The fraction of sp³-hybridized carbons (Fsp3) is 0.800. The molecule has 0 spiro atoms. The number of carboxylic acids is 1. The molecule has 0 aliphatic carbocycles. The first-order chi connectivity index (χ1) is 3.68. The average molecular weight is 203 g/mol. The van der Waals surface area contributed by atoms with Gasteiger partial charge in [0.2, 0.25) is 0 Å². The number of hydrogen-bond donors (Lipinski definition) is 0. The summed E-state index contributed by atoms with van der Waals surface area (Å²) in [6.07, 6.45) is 1.51. The van der Waals surface area contributed by atoms with Gasteiger partial charge in [0.05, 0.1) is 10.8 Å². The Balaban J connectivity index is 0. The number of aliphatic carboxylic acids is 1. The topological polar surface area (TPSA) is 40.1 Å². The summed E-state index contributed by atoms with van der Waals surface area (Å²) < 4.78 is 0. The smallest absolute Gasteiger partial charge is 0.549 e. The number of hydrogen-bond acceptors (Lipinski definition) is 2. The van der Waals surface area contributed by atoms with E-state index in [1.807, 2.05) is 6.92 Å². The van der Waals surface area contributed by atoms with E-state index in [1.165, 1.54) is 0 Å². The van der Waals surface area contributed by atoms with Gasteiger partial charge < -0.3 is 9.90 Å². The van der Waals surface area contributed by atoms with Crippen molar-refractivity contribution in [1.82, 2.24) is 0 Å². The second-order valence-electron chi connectivity index (χ2n) is 1.58. The van der Waals surface area contributed by atoms with Crippen molar-refractivity contribution < 1.29 is 39.5 Å². The zero-order chi connectivity index (χ0) is 6.57. The summed E-state index contributed by atoms with van der Waals surface area (Å²) in [5, 5.41) is 9.93. The van der Waals surface area contributed by atoms with Crippen LogP contribution in [0.1, 0.15) is 19.8 Å². The predicted molar refractivity (Wildman–Crippen MR) is 32.6 cm³/mol. The summed E-state index contributed by atoms with van der Waals surface area (Å²) in [6.45, 7) is 1.93. The van der Waals surface area contributed by atoms with Crippen LogP contribution in [0.15, 0.2) is 0 Å². The zero-order valence-corrected chi connectivity index (χ0v) is 9.27. The van der Waals surface area contributed by atoms with E-state index in [0.717, 1.165) is 6.42 Å². The summed E-state index contributed by atoms with van der Waals surface area (Å²) >= 11 is 2.94. The second kappa shape index (κ2) is 7.06. The van der Waals surface area contributed by atoms with Crippen LogP contribution in [0.5, 0.6) is 0 Å². The number of carboxylic acid groups (broad SMARTS) is 1. The van der Waals surface area contributed by atoms with E-state index in [4.69, 9.17) is 0 Å². The molecule has 0 aliphatic heterocycles. The predicted octanol–water partition coefficient (Wildman–Crippen LogP) is -2.70. The summed E-state index contributed by atoms with van der Waals surface area (Å²) in [7, 11) is 0. The number of carbonyl (C=O) groups excluding carboxylic acids is 1. The minimum absolute atomic E-state index is 0. The molecule has 0 fully saturated rings. The average Bonchev–Trinajstić information content (AvgIpc) is 1.67. The van der Waals surface area contributed by atoms with Crippen molar-refractivity contribution in [3.63, 3.8) is 0 Å². The first-order valence-corrected chi connectivity index (χ1v) is 3.45. The summed E-state index contributed by atoms with van der Waals surface area (Å²) in [5.74, 6) is -1.02. The summed E-state index contributed by atoms with van der Waals surface area (Å²) in [5.41, 5.74) is 0. The fourth-order valence-corrected chi connectivity index (χ4v) is 0.829. The molecule has 0 radical (unpaired) electrons. The molecular weight excluding hydrogens is 195 g/mol. The van der Waals surface area contributed by atoms with Gasteiger partial charge in [-0.25, -0.2) is 0 Å². The molecule has 0 saturated carbocycles. The maximum atomic E-state index is 9.93. The third-order valence-electron chi connectivity index (χ3n) is 0.798. The van der Waals surface area contributed by atoms with Gasteiger partial charge in [0.1, 0.15) is 0 Å². The van der Waals surface area contributed by atoms with Crippen LogP contribution in [-0.4, -0.2) is 10.8 Å². The fourth-order valence-electron chi connectivity index (χ4n) is 0.371. The Labute approximate surface area is 85.4 Å². The molecule has 1 atom stereocenters. The van der Waals surface area contributed by atoms with E-state index in [1.54, 1.807) is 0 Å². The van der Waals surface area contributed by atoms with E-state index < -0.39 is 10.8 Å². The Kier molecular flexibility index (Phi) is 9.89. The van der Waals surface area contributed by atoms with Crippen molar-refractivity contribution in [2.45, 2.75) is 24.6 Å². The Bertz CT molecular complexity index is 87.0. The first-order valence-electron chi connectivity index (χ1n) is 2.53. The molecular formula is C5H8BrNaO2. The van der Waals surface area contributed by atoms with Gasteiger partial charge >= 0.3 is 29.6 Å². The molecule has 2 nitrogen and oxygen atoms in total. The molecule has 0 aliphatic rings. The van der Waals surface area contributed by atoms with Crippen LogP contribution in [0.2, 0.25) is 0 Å². The molecule has 0 N–H and O–H groups in total. The largest absolute Gasteiger partial charge is 1.00 e. The van der Waals surface area contributed by atoms with E-state index in [2.05, 4.69) is 15.9 Å². The van der Waals surface area contributed by atoms with Crippen LogP contribution < -0.4 is 34.7 Å². The van der Waals surface area contributed by atoms with E-state index >= 15 is 0 Å². The molecule has 48 valence electrons. The van der Waals surface area contributed by atoms with E-state index in [0.29, 0.717) is 6.42 Å². The minimum atomic E-state index is -1.02. The van der Waals surface area contributed by atoms with Crippen molar-refractivity contribution >= 4 is 21.9 Å². The zero-order valence-electron chi connectivity index (χ0n) is 5.69. The third kappa shape index (κ3) is 6.84. The number of alkyl halides is 1. The van der Waals surface area contributed by atoms with Gasteiger partial charge in [-0.05, 0) is 6.42 Å². The van der Waals surface area contributed by atoms with Crippen LogP contribution in [0.25, 0.3) is 0 Å². The minimum Gasteiger partial charge on any atom is -0.549 e. The standard InChI is InChI=1S/C5H9BrO2.Na/c1-2-3-4(6)5(7)8;/h4H,2-3H2,1H3,(H,7,8);/q;+1/p-1/t4-;/m1./s1. The van der Waals surface area contributed by atoms with Gasteiger partial charge in [-0.2, -0.15) is 0 Å². The van der Waals surface area contributed by atoms with Crippen molar-refractivity contribution in [2.24, 2.45) is 0 Å². The van der Waals surface area contributed by atoms with Crippen LogP contribution in [0.3, 0.4) is 0 Å². The van der Waals surface area contributed by atoms with Crippen molar-refractivity contribution in [1.29, 1.82) is 0 Å². The summed E-state index contributed by atoms with van der Waals surface area (Å²) in [6, 6.07) is 0. The van der Waals surface area contributed by atoms with Crippen LogP contribution in [0.4, 0.5) is 0 Å². The van der Waals surface area contributed by atoms with Crippen LogP contribution in [0, 0.1) is 0 Å². The van der Waals surface area contributed by atoms with Crippen LogP contribution >= 0.6 is 15.9 Å².